The van der Waals surface area contributed by atoms with Gasteiger partial charge in [0.1, 0.15) is 0 Å². The van der Waals surface area contributed by atoms with Crippen molar-refractivity contribution in [3.63, 3.8) is 0 Å². The zero-order valence-corrected chi connectivity index (χ0v) is 15.5. The molecule has 2 rings (SSSR count). The van der Waals surface area contributed by atoms with E-state index in [1.54, 1.807) is 0 Å². The molecule has 1 heterocycles. The number of fused-ring (bicyclic) bond motifs is 1. The van der Waals surface area contributed by atoms with E-state index in [-0.39, 0.29) is 0 Å². The summed E-state index contributed by atoms with van der Waals surface area (Å²) in [6.45, 7) is 2.28. The molecule has 118 valence electrons. The van der Waals surface area contributed by atoms with Gasteiger partial charge in [-0.25, -0.2) is 4.99 Å². The minimum absolute atomic E-state index is 1.12. The molecule has 0 saturated carbocycles. The molecule has 21 heavy (non-hydrogen) atoms. The predicted octanol–water partition coefficient (Wildman–Crippen LogP) is 7.16. The molecule has 1 atom stereocenters. The molecular formula is C17H27NS3. The van der Waals surface area contributed by atoms with Crippen molar-refractivity contribution in [1.29, 1.82) is 0 Å². The van der Waals surface area contributed by atoms with Crippen LogP contribution in [0.1, 0.15) is 58.3 Å². The van der Waals surface area contributed by atoms with Crippen LogP contribution in [-0.2, 0) is 0 Å². The van der Waals surface area contributed by atoms with Crippen molar-refractivity contribution < 1.29 is 0 Å². The number of hydrogen-bond donors (Lipinski definition) is 1. The molecule has 1 aromatic carbocycles. The zero-order chi connectivity index (χ0) is 15.0. The molecule has 0 radical (unpaired) electrons. The highest BCUT2D eigenvalue weighted by Crippen LogP contribution is 2.72. The van der Waals surface area contributed by atoms with Crippen LogP contribution in [0.4, 0.5) is 5.69 Å². The SMILES string of the molecule is CCCCCCCCCCSS1(S)C=Nc2ccccc21. The molecule has 1 aliphatic heterocycles. The van der Waals surface area contributed by atoms with E-state index in [1.807, 2.05) is 10.8 Å². The molecule has 1 unspecified atom stereocenters. The van der Waals surface area contributed by atoms with E-state index in [0.717, 1.165) is 5.69 Å². The van der Waals surface area contributed by atoms with Gasteiger partial charge in [0, 0.05) is 10.6 Å². The molecule has 0 aliphatic carbocycles. The Kier molecular flexibility index (Phi) is 7.55. The molecule has 1 nitrogen and oxygen atoms in total. The summed E-state index contributed by atoms with van der Waals surface area (Å²) < 4.78 is 0. The maximum absolute atomic E-state index is 4.94. The fourth-order valence-electron chi connectivity index (χ4n) is 2.51. The highest BCUT2D eigenvalue weighted by Gasteiger charge is 2.27. The largest absolute Gasteiger partial charge is 0.248 e. The Morgan fingerprint density at radius 2 is 1.67 bits per heavy atom. The Hall–Kier alpha value is -0.0600. The summed E-state index contributed by atoms with van der Waals surface area (Å²) >= 11 is 4.94. The van der Waals surface area contributed by atoms with E-state index >= 15 is 0 Å². The van der Waals surface area contributed by atoms with Crippen molar-refractivity contribution in [1.82, 2.24) is 0 Å². The van der Waals surface area contributed by atoms with Crippen molar-refractivity contribution >= 4 is 41.8 Å². The second-order valence-electron chi connectivity index (χ2n) is 5.57. The second kappa shape index (κ2) is 9.16. The van der Waals surface area contributed by atoms with Gasteiger partial charge in [0.2, 0.25) is 0 Å². The Morgan fingerprint density at radius 3 is 2.43 bits per heavy atom. The second-order valence-corrected chi connectivity index (χ2v) is 12.8. The quantitative estimate of drug-likeness (QED) is 0.270. The number of nitrogens with zero attached hydrogens (tertiary/aromatic N) is 1. The lowest BCUT2D eigenvalue weighted by Crippen LogP contribution is -1.88. The Balaban J connectivity index is 1.60. The first kappa shape index (κ1) is 17.3. The summed E-state index contributed by atoms with van der Waals surface area (Å²) in [5.41, 5.74) is 3.20. The zero-order valence-electron chi connectivity index (χ0n) is 13.0. The molecule has 0 amide bonds. The first-order valence-corrected chi connectivity index (χ1v) is 12.3. The third-order valence-electron chi connectivity index (χ3n) is 3.78. The van der Waals surface area contributed by atoms with Crippen molar-refractivity contribution in [2.75, 3.05) is 5.75 Å². The molecule has 0 fully saturated rings. The predicted molar refractivity (Wildman–Crippen MR) is 105 cm³/mol. The summed E-state index contributed by atoms with van der Waals surface area (Å²) in [6.07, 6.45) is 11.1. The van der Waals surface area contributed by atoms with Gasteiger partial charge in [0.25, 0.3) is 0 Å². The monoisotopic (exact) mass is 341 g/mol. The van der Waals surface area contributed by atoms with Crippen LogP contribution in [0.25, 0.3) is 0 Å². The van der Waals surface area contributed by atoms with Crippen molar-refractivity contribution in [3.05, 3.63) is 24.3 Å². The van der Waals surface area contributed by atoms with Gasteiger partial charge >= 0.3 is 0 Å². The van der Waals surface area contributed by atoms with Crippen LogP contribution in [0.2, 0.25) is 0 Å². The lowest BCUT2D eigenvalue weighted by molar-refractivity contribution is 0.586. The van der Waals surface area contributed by atoms with Crippen LogP contribution in [-0.4, -0.2) is 11.3 Å². The average Bonchev–Trinajstić information content (AvgIpc) is 2.84. The Morgan fingerprint density at radius 1 is 1.00 bits per heavy atom. The Bertz CT molecular complexity index is 461. The summed E-state index contributed by atoms with van der Waals surface area (Å²) in [7, 11) is 0.851. The standard InChI is InChI=1S/C17H27NS3/c1-2-3-4-5-6-7-8-11-14-20-21(19)15-18-16-12-9-10-13-17(16)21/h9-10,12-13,15,19H,2-8,11,14H2,1H3. The molecule has 0 N–H and O–H groups in total. The fraction of sp³-hybridized carbons (Fsp3) is 0.588. The number of benzene rings is 1. The van der Waals surface area contributed by atoms with Crippen LogP contribution in [0.5, 0.6) is 0 Å². The van der Waals surface area contributed by atoms with Crippen LogP contribution in [0.15, 0.2) is 34.2 Å². The number of thiol groups is 1. The van der Waals surface area contributed by atoms with Gasteiger partial charge in [-0.05, 0) is 18.6 Å². The summed E-state index contributed by atoms with van der Waals surface area (Å²) in [5.74, 6) is 1.20. The molecule has 0 aromatic heterocycles. The first-order valence-electron chi connectivity index (χ1n) is 8.09. The van der Waals surface area contributed by atoms with E-state index in [9.17, 15) is 0 Å². The van der Waals surface area contributed by atoms with Gasteiger partial charge in [-0.1, -0.05) is 82.9 Å². The lowest BCUT2D eigenvalue weighted by atomic mass is 10.1. The van der Waals surface area contributed by atoms with Gasteiger partial charge in [0.05, 0.1) is 11.2 Å². The molecule has 0 bridgehead atoms. The highest BCUT2D eigenvalue weighted by atomic mass is 33.5. The van der Waals surface area contributed by atoms with Crippen LogP contribution in [0.3, 0.4) is 0 Å². The van der Waals surface area contributed by atoms with Crippen LogP contribution >= 0.6 is 30.5 Å². The maximum atomic E-state index is 4.94. The summed E-state index contributed by atoms with van der Waals surface area (Å²) in [4.78, 5) is 5.86. The molecular weight excluding hydrogens is 314 g/mol. The minimum atomic E-state index is -1.15. The van der Waals surface area contributed by atoms with E-state index < -0.39 is 8.09 Å². The number of aliphatic imine (C=N–C) groups is 1. The molecule has 1 aliphatic rings. The third kappa shape index (κ3) is 5.26. The summed E-state index contributed by atoms with van der Waals surface area (Å²) in [5, 5.41) is 0. The van der Waals surface area contributed by atoms with Gasteiger partial charge in [0.15, 0.2) is 0 Å². The van der Waals surface area contributed by atoms with Crippen LogP contribution < -0.4 is 0 Å². The highest BCUT2D eigenvalue weighted by molar-refractivity contribution is 9.26. The summed E-state index contributed by atoms with van der Waals surface area (Å²) in [6, 6.07) is 8.43. The van der Waals surface area contributed by atoms with Gasteiger partial charge in [-0.3, -0.25) is 0 Å². The lowest BCUT2D eigenvalue weighted by Gasteiger charge is -2.26. The van der Waals surface area contributed by atoms with Crippen LogP contribution in [0, 0.1) is 0 Å². The van der Waals surface area contributed by atoms with Crippen molar-refractivity contribution in [2.45, 2.75) is 63.2 Å². The molecule has 4 heteroatoms. The van der Waals surface area contributed by atoms with E-state index in [1.165, 1.54) is 62.0 Å². The number of para-hydroxylation sites is 1. The maximum Gasteiger partial charge on any atom is 0.0775 e. The number of unbranched alkanes of at least 4 members (excludes halogenated alkanes) is 7. The minimum Gasteiger partial charge on any atom is -0.248 e. The Labute approximate surface area is 139 Å². The van der Waals surface area contributed by atoms with E-state index in [2.05, 4.69) is 41.7 Å². The molecule has 0 saturated heterocycles. The normalized spacial score (nSPS) is 23.0. The third-order valence-corrected chi connectivity index (χ3v) is 10.2. The van der Waals surface area contributed by atoms with Crippen molar-refractivity contribution in [2.24, 2.45) is 4.99 Å². The van der Waals surface area contributed by atoms with E-state index in [4.69, 9.17) is 11.7 Å². The average molecular weight is 342 g/mol. The van der Waals surface area contributed by atoms with E-state index in [0.29, 0.717) is 0 Å². The smallest absolute Gasteiger partial charge is 0.0775 e. The number of rotatable bonds is 10. The van der Waals surface area contributed by atoms with Gasteiger partial charge in [-0.2, -0.15) is 0 Å². The van der Waals surface area contributed by atoms with Gasteiger partial charge < -0.3 is 0 Å². The topological polar surface area (TPSA) is 12.4 Å². The first-order chi connectivity index (χ1) is 10.3. The number of hydrogen-bond acceptors (Lipinski definition) is 3. The fourth-order valence-corrected chi connectivity index (χ4v) is 7.85. The molecule has 1 aromatic rings. The van der Waals surface area contributed by atoms with Crippen molar-refractivity contribution in [3.8, 4) is 0 Å². The molecule has 0 spiro atoms. The van der Waals surface area contributed by atoms with Gasteiger partial charge in [-0.15, -0.1) is 11.7 Å².